The maximum atomic E-state index is 10.7. The second-order valence-corrected chi connectivity index (χ2v) is 2.94. The molecule has 0 aromatic heterocycles. The molecule has 4 nitrogen and oxygen atoms in total. The molecule has 0 saturated carbocycles. The predicted molar refractivity (Wildman–Crippen MR) is 51.9 cm³/mol. The first-order valence-corrected chi connectivity index (χ1v) is 3.94. The van der Waals surface area contributed by atoms with Crippen molar-refractivity contribution in [1.29, 1.82) is 0 Å². The molecule has 1 aromatic rings. The van der Waals surface area contributed by atoms with Crippen LogP contribution in [0.2, 0.25) is 0 Å². The minimum absolute atomic E-state index is 0.433. The first-order chi connectivity index (χ1) is 6.09. The Morgan fingerprint density at radius 3 is 2.38 bits per heavy atom. The summed E-state index contributed by atoms with van der Waals surface area (Å²) in [5, 5.41) is 0. The molecule has 0 heterocycles. The van der Waals surface area contributed by atoms with E-state index >= 15 is 0 Å². The van der Waals surface area contributed by atoms with E-state index in [-0.39, 0.29) is 0 Å². The molecule has 2 amide bonds. The van der Waals surface area contributed by atoms with E-state index in [0.29, 0.717) is 12.2 Å². The van der Waals surface area contributed by atoms with Crippen molar-refractivity contribution in [3.8, 4) is 0 Å². The van der Waals surface area contributed by atoms with Crippen LogP contribution >= 0.6 is 0 Å². The summed E-state index contributed by atoms with van der Waals surface area (Å²) in [7, 11) is 1.65. The zero-order valence-corrected chi connectivity index (χ0v) is 7.53. The van der Waals surface area contributed by atoms with E-state index in [2.05, 4.69) is 0 Å². The number of nitrogens with two attached hydrogens (primary N) is 2. The van der Waals surface area contributed by atoms with Gasteiger partial charge in [0.05, 0.1) is 0 Å². The number of primary amides is 1. The number of nitrogen functional groups attached to an aromatic ring is 1. The van der Waals surface area contributed by atoms with Crippen LogP contribution in [0.1, 0.15) is 5.56 Å². The van der Waals surface area contributed by atoms with Gasteiger partial charge in [-0.15, -0.1) is 0 Å². The summed E-state index contributed by atoms with van der Waals surface area (Å²) >= 11 is 0. The molecule has 0 radical (unpaired) electrons. The topological polar surface area (TPSA) is 72.3 Å². The van der Waals surface area contributed by atoms with Crippen LogP contribution in [0.3, 0.4) is 0 Å². The van der Waals surface area contributed by atoms with E-state index in [0.717, 1.165) is 5.56 Å². The van der Waals surface area contributed by atoms with Crippen molar-refractivity contribution in [3.05, 3.63) is 29.8 Å². The van der Waals surface area contributed by atoms with Crippen molar-refractivity contribution >= 4 is 11.7 Å². The Balaban J connectivity index is 2.64. The standard InChI is InChI=1S/C9H13N3O/c1-12(9(11)13)6-7-2-4-8(10)5-3-7/h2-5H,6,10H2,1H3,(H2,11,13). The van der Waals surface area contributed by atoms with Crippen LogP contribution in [0, 0.1) is 0 Å². The highest BCUT2D eigenvalue weighted by Crippen LogP contribution is 2.07. The van der Waals surface area contributed by atoms with Crippen molar-refractivity contribution in [1.82, 2.24) is 4.90 Å². The third-order valence-electron chi connectivity index (χ3n) is 1.78. The van der Waals surface area contributed by atoms with Gasteiger partial charge in [-0.2, -0.15) is 0 Å². The maximum absolute atomic E-state index is 10.7. The fourth-order valence-corrected chi connectivity index (χ4v) is 0.975. The molecule has 0 aliphatic carbocycles. The number of urea groups is 1. The van der Waals surface area contributed by atoms with Crippen LogP contribution in [-0.4, -0.2) is 18.0 Å². The fourth-order valence-electron chi connectivity index (χ4n) is 0.975. The number of amides is 2. The quantitative estimate of drug-likeness (QED) is 0.658. The number of carbonyl (C=O) groups is 1. The van der Waals surface area contributed by atoms with E-state index in [1.807, 2.05) is 12.1 Å². The van der Waals surface area contributed by atoms with Gasteiger partial charge >= 0.3 is 6.03 Å². The lowest BCUT2D eigenvalue weighted by Gasteiger charge is -2.13. The van der Waals surface area contributed by atoms with Gasteiger partial charge in [0.15, 0.2) is 0 Å². The van der Waals surface area contributed by atoms with Gasteiger partial charge in [-0.25, -0.2) is 4.79 Å². The molecule has 0 aliphatic heterocycles. The van der Waals surface area contributed by atoms with Gasteiger partial charge in [0.2, 0.25) is 0 Å². The normalized spacial score (nSPS) is 9.62. The number of hydrogen-bond donors (Lipinski definition) is 2. The Labute approximate surface area is 77.1 Å². The van der Waals surface area contributed by atoms with Crippen LogP contribution in [-0.2, 0) is 6.54 Å². The van der Waals surface area contributed by atoms with Crippen molar-refractivity contribution in [2.24, 2.45) is 5.73 Å². The SMILES string of the molecule is CN(Cc1ccc(N)cc1)C(N)=O. The van der Waals surface area contributed by atoms with E-state index in [4.69, 9.17) is 11.5 Å². The first-order valence-electron chi connectivity index (χ1n) is 3.94. The molecule has 0 saturated heterocycles. The first kappa shape index (κ1) is 9.38. The highest BCUT2D eigenvalue weighted by atomic mass is 16.2. The zero-order valence-electron chi connectivity index (χ0n) is 7.53. The largest absolute Gasteiger partial charge is 0.399 e. The zero-order chi connectivity index (χ0) is 9.84. The highest BCUT2D eigenvalue weighted by molar-refractivity contribution is 5.71. The Hall–Kier alpha value is -1.71. The van der Waals surface area contributed by atoms with E-state index in [1.54, 1.807) is 19.2 Å². The number of carbonyl (C=O) groups excluding carboxylic acids is 1. The summed E-state index contributed by atoms with van der Waals surface area (Å²) < 4.78 is 0. The smallest absolute Gasteiger partial charge is 0.314 e. The third kappa shape index (κ3) is 2.66. The van der Waals surface area contributed by atoms with Crippen LogP contribution in [0.4, 0.5) is 10.5 Å². The summed E-state index contributed by atoms with van der Waals surface area (Å²) in [6.07, 6.45) is 0. The fraction of sp³-hybridized carbons (Fsp3) is 0.222. The lowest BCUT2D eigenvalue weighted by Crippen LogP contribution is -2.31. The summed E-state index contributed by atoms with van der Waals surface area (Å²) in [4.78, 5) is 12.1. The molecule has 1 aromatic carbocycles. The van der Waals surface area contributed by atoms with Crippen LogP contribution in [0.5, 0.6) is 0 Å². The number of anilines is 1. The van der Waals surface area contributed by atoms with E-state index in [9.17, 15) is 4.79 Å². The summed E-state index contributed by atoms with van der Waals surface area (Å²) in [6, 6.07) is 6.90. The molecule has 0 fully saturated rings. The molecular weight excluding hydrogens is 166 g/mol. The van der Waals surface area contributed by atoms with Crippen LogP contribution < -0.4 is 11.5 Å². The Bertz CT molecular complexity index is 294. The lowest BCUT2D eigenvalue weighted by atomic mass is 10.2. The molecule has 13 heavy (non-hydrogen) atoms. The maximum Gasteiger partial charge on any atom is 0.314 e. The number of nitrogens with zero attached hydrogens (tertiary/aromatic N) is 1. The molecule has 0 aliphatic rings. The van der Waals surface area contributed by atoms with E-state index in [1.165, 1.54) is 4.90 Å². The van der Waals surface area contributed by atoms with Crippen molar-refractivity contribution in [2.45, 2.75) is 6.54 Å². The molecule has 0 bridgehead atoms. The molecule has 0 atom stereocenters. The third-order valence-corrected chi connectivity index (χ3v) is 1.78. The van der Waals surface area contributed by atoms with Gasteiger partial charge in [-0.1, -0.05) is 12.1 Å². The van der Waals surface area contributed by atoms with Gasteiger partial charge in [-0.3, -0.25) is 0 Å². The highest BCUT2D eigenvalue weighted by Gasteiger charge is 2.02. The van der Waals surface area contributed by atoms with Crippen molar-refractivity contribution < 1.29 is 4.79 Å². The van der Waals surface area contributed by atoms with Gasteiger partial charge in [-0.05, 0) is 17.7 Å². The summed E-state index contributed by atoms with van der Waals surface area (Å²) in [5.74, 6) is 0. The van der Waals surface area contributed by atoms with Gasteiger partial charge in [0, 0.05) is 19.3 Å². The number of rotatable bonds is 2. The lowest BCUT2D eigenvalue weighted by molar-refractivity contribution is 0.216. The molecule has 1 rings (SSSR count). The average molecular weight is 179 g/mol. The second-order valence-electron chi connectivity index (χ2n) is 2.94. The summed E-state index contributed by atoms with van der Waals surface area (Å²) in [5.41, 5.74) is 12.3. The predicted octanol–water partition coefficient (Wildman–Crippen LogP) is 0.779. The molecule has 0 unspecified atom stereocenters. The number of benzene rings is 1. The van der Waals surface area contributed by atoms with Crippen LogP contribution in [0.15, 0.2) is 24.3 Å². The average Bonchev–Trinajstić information content (AvgIpc) is 2.08. The monoisotopic (exact) mass is 179 g/mol. The van der Waals surface area contributed by atoms with Gasteiger partial charge in [0.1, 0.15) is 0 Å². The van der Waals surface area contributed by atoms with Gasteiger partial charge < -0.3 is 16.4 Å². The minimum atomic E-state index is -0.433. The Kier molecular flexibility index (Phi) is 2.74. The second kappa shape index (κ2) is 3.80. The van der Waals surface area contributed by atoms with Crippen molar-refractivity contribution in [3.63, 3.8) is 0 Å². The Morgan fingerprint density at radius 1 is 1.38 bits per heavy atom. The van der Waals surface area contributed by atoms with Crippen LogP contribution in [0.25, 0.3) is 0 Å². The van der Waals surface area contributed by atoms with E-state index < -0.39 is 6.03 Å². The molecule has 70 valence electrons. The van der Waals surface area contributed by atoms with Gasteiger partial charge in [0.25, 0.3) is 0 Å². The molecule has 4 N–H and O–H groups in total. The number of hydrogen-bond acceptors (Lipinski definition) is 2. The summed E-state index contributed by atoms with van der Waals surface area (Å²) in [6.45, 7) is 0.510. The van der Waals surface area contributed by atoms with Crippen molar-refractivity contribution in [2.75, 3.05) is 12.8 Å². The molecule has 4 heteroatoms. The Morgan fingerprint density at radius 2 is 1.92 bits per heavy atom. The minimum Gasteiger partial charge on any atom is -0.399 e. The molecule has 0 spiro atoms. The molecular formula is C9H13N3O.